The van der Waals surface area contributed by atoms with Gasteiger partial charge in [0.05, 0.1) is 23.2 Å². The van der Waals surface area contributed by atoms with Crippen LogP contribution in [0.25, 0.3) is 0 Å². The normalized spacial score (nSPS) is 18.3. The Kier molecular flexibility index (Phi) is 9.24. The lowest BCUT2D eigenvalue weighted by Crippen LogP contribution is -2.30. The van der Waals surface area contributed by atoms with Gasteiger partial charge in [-0.05, 0) is 31.1 Å². The van der Waals surface area contributed by atoms with E-state index in [1.807, 2.05) is 24.3 Å². The van der Waals surface area contributed by atoms with E-state index >= 15 is 0 Å². The molecule has 0 saturated heterocycles. The number of nitrogens with zero attached hydrogens (tertiary/aromatic N) is 2. The molecule has 2 aliphatic rings. The third kappa shape index (κ3) is 6.91. The van der Waals surface area contributed by atoms with E-state index in [2.05, 4.69) is 15.6 Å². The molecule has 3 amide bonds. The lowest BCUT2D eigenvalue weighted by Gasteiger charge is -2.17. The standard InChI is InChI=1S/C24H29ClN4O5/c1-29(13-14-33-2)21(31)10-6-5-9-20(30)28-22-17-7-3-4-8-18(17)34-23(22)24(32)27-19-12-11-16(25)15-26-19/h3-4,7-8,11-12,15,17-18H,5-6,9-10,13-14H2,1-2H3,(H,28,30)(H,26,27,32). The Morgan fingerprint density at radius 3 is 2.65 bits per heavy atom. The van der Waals surface area contributed by atoms with E-state index in [0.717, 1.165) is 0 Å². The molecule has 2 N–H and O–H groups in total. The van der Waals surface area contributed by atoms with Crippen LogP contribution in [0.4, 0.5) is 5.82 Å². The van der Waals surface area contributed by atoms with Gasteiger partial charge in [0.25, 0.3) is 5.91 Å². The molecule has 0 radical (unpaired) electrons. The summed E-state index contributed by atoms with van der Waals surface area (Å²) in [5.41, 5.74) is 0.414. The second-order valence-electron chi connectivity index (χ2n) is 8.00. The Hall–Kier alpha value is -3.17. The third-order valence-electron chi connectivity index (χ3n) is 5.47. The van der Waals surface area contributed by atoms with Crippen LogP contribution in [0.1, 0.15) is 25.7 Å². The molecule has 1 aliphatic carbocycles. The van der Waals surface area contributed by atoms with Crippen molar-refractivity contribution in [2.45, 2.75) is 31.8 Å². The Morgan fingerprint density at radius 1 is 1.15 bits per heavy atom. The zero-order valence-electron chi connectivity index (χ0n) is 19.3. The number of carbonyl (C=O) groups is 3. The Morgan fingerprint density at radius 2 is 1.91 bits per heavy atom. The number of rotatable bonds is 11. The van der Waals surface area contributed by atoms with Crippen LogP contribution in [0.15, 0.2) is 54.1 Å². The molecule has 182 valence electrons. The van der Waals surface area contributed by atoms with E-state index in [1.165, 1.54) is 6.20 Å². The molecule has 2 atom stereocenters. The molecule has 3 rings (SSSR count). The van der Waals surface area contributed by atoms with Gasteiger partial charge in [0.1, 0.15) is 11.9 Å². The highest BCUT2D eigenvalue weighted by Gasteiger charge is 2.38. The number of nitrogens with one attached hydrogen (secondary N) is 2. The maximum atomic E-state index is 12.9. The SMILES string of the molecule is COCCN(C)C(=O)CCCCC(=O)NC1=C(C(=O)Nc2ccc(Cl)cn2)OC2C=CC=CC12. The van der Waals surface area contributed by atoms with Gasteiger partial charge in [-0.25, -0.2) is 4.98 Å². The van der Waals surface area contributed by atoms with Crippen LogP contribution < -0.4 is 10.6 Å². The summed E-state index contributed by atoms with van der Waals surface area (Å²) < 4.78 is 10.8. The number of amides is 3. The summed E-state index contributed by atoms with van der Waals surface area (Å²) in [5.74, 6) is -0.642. The van der Waals surface area contributed by atoms with Crippen molar-refractivity contribution in [3.05, 3.63) is 59.1 Å². The average molecular weight is 489 g/mol. The second-order valence-corrected chi connectivity index (χ2v) is 8.44. The molecule has 0 bridgehead atoms. The van der Waals surface area contributed by atoms with Crippen molar-refractivity contribution in [1.29, 1.82) is 0 Å². The number of fused-ring (bicyclic) bond motifs is 1. The largest absolute Gasteiger partial charge is 0.478 e. The van der Waals surface area contributed by atoms with Crippen molar-refractivity contribution in [3.8, 4) is 0 Å². The number of unbranched alkanes of at least 4 members (excludes halogenated alkanes) is 1. The first kappa shape index (κ1) is 25.5. The summed E-state index contributed by atoms with van der Waals surface area (Å²) in [6, 6.07) is 3.19. The number of ether oxygens (including phenoxy) is 2. The fourth-order valence-electron chi connectivity index (χ4n) is 3.57. The van der Waals surface area contributed by atoms with Crippen LogP contribution in [-0.2, 0) is 23.9 Å². The van der Waals surface area contributed by atoms with Gasteiger partial charge >= 0.3 is 0 Å². The predicted octanol–water partition coefficient (Wildman–Crippen LogP) is 2.81. The number of pyridine rings is 1. The van der Waals surface area contributed by atoms with Gasteiger partial charge in [-0.2, -0.15) is 0 Å². The van der Waals surface area contributed by atoms with Crippen molar-refractivity contribution in [2.75, 3.05) is 32.6 Å². The predicted molar refractivity (Wildman–Crippen MR) is 128 cm³/mol. The number of anilines is 1. The summed E-state index contributed by atoms with van der Waals surface area (Å²) in [6.45, 7) is 1.02. The van der Waals surface area contributed by atoms with Crippen LogP contribution in [0.5, 0.6) is 0 Å². The smallest absolute Gasteiger partial charge is 0.293 e. The van der Waals surface area contributed by atoms with Gasteiger partial charge in [-0.1, -0.05) is 29.8 Å². The Bertz CT molecular complexity index is 990. The highest BCUT2D eigenvalue weighted by atomic mass is 35.5. The molecular formula is C24H29ClN4O5. The Balaban J connectivity index is 1.57. The van der Waals surface area contributed by atoms with Gasteiger partial charge in [0.2, 0.25) is 17.6 Å². The number of hydrogen-bond donors (Lipinski definition) is 2. The fraction of sp³-hybridized carbons (Fsp3) is 0.417. The minimum Gasteiger partial charge on any atom is -0.478 e. The van der Waals surface area contributed by atoms with E-state index < -0.39 is 5.91 Å². The molecule has 34 heavy (non-hydrogen) atoms. The molecule has 1 aromatic heterocycles. The van der Waals surface area contributed by atoms with Gasteiger partial charge in [0, 0.05) is 39.7 Å². The van der Waals surface area contributed by atoms with Crippen molar-refractivity contribution in [2.24, 2.45) is 5.92 Å². The van der Waals surface area contributed by atoms with E-state index in [1.54, 1.807) is 31.2 Å². The number of allylic oxidation sites excluding steroid dienone is 2. The van der Waals surface area contributed by atoms with Crippen molar-refractivity contribution in [1.82, 2.24) is 15.2 Å². The van der Waals surface area contributed by atoms with E-state index in [-0.39, 0.29) is 36.0 Å². The van der Waals surface area contributed by atoms with Crippen LogP contribution in [0.3, 0.4) is 0 Å². The highest BCUT2D eigenvalue weighted by molar-refractivity contribution is 6.30. The molecule has 0 fully saturated rings. The quantitative estimate of drug-likeness (QED) is 0.463. The van der Waals surface area contributed by atoms with E-state index in [4.69, 9.17) is 21.1 Å². The fourth-order valence-corrected chi connectivity index (χ4v) is 3.68. The van der Waals surface area contributed by atoms with Gasteiger partial charge in [-0.3, -0.25) is 14.4 Å². The number of methoxy groups -OCH3 is 1. The second kappa shape index (κ2) is 12.3. The summed E-state index contributed by atoms with van der Waals surface area (Å²) >= 11 is 5.85. The molecule has 0 saturated carbocycles. The van der Waals surface area contributed by atoms with Crippen molar-refractivity contribution < 1.29 is 23.9 Å². The minimum absolute atomic E-state index is 0.0149. The van der Waals surface area contributed by atoms with Crippen LogP contribution in [0.2, 0.25) is 5.02 Å². The zero-order chi connectivity index (χ0) is 24.5. The van der Waals surface area contributed by atoms with Gasteiger partial charge in [-0.15, -0.1) is 0 Å². The molecule has 2 heterocycles. The number of carbonyl (C=O) groups excluding carboxylic acids is 3. The lowest BCUT2D eigenvalue weighted by molar-refractivity contribution is -0.130. The summed E-state index contributed by atoms with van der Waals surface area (Å²) in [5, 5.41) is 5.98. The van der Waals surface area contributed by atoms with Crippen molar-refractivity contribution >= 4 is 35.1 Å². The number of aromatic nitrogens is 1. The molecule has 0 aromatic carbocycles. The first-order chi connectivity index (χ1) is 16.4. The highest BCUT2D eigenvalue weighted by Crippen LogP contribution is 2.34. The maximum Gasteiger partial charge on any atom is 0.293 e. The van der Waals surface area contributed by atoms with Crippen LogP contribution in [-0.4, -0.2) is 61.0 Å². The first-order valence-corrected chi connectivity index (χ1v) is 11.5. The van der Waals surface area contributed by atoms with Gasteiger partial charge < -0.3 is 25.0 Å². The first-order valence-electron chi connectivity index (χ1n) is 11.1. The third-order valence-corrected chi connectivity index (χ3v) is 5.69. The van der Waals surface area contributed by atoms with Crippen molar-refractivity contribution in [3.63, 3.8) is 0 Å². The van der Waals surface area contributed by atoms with Gasteiger partial charge in [0.15, 0.2) is 0 Å². The monoisotopic (exact) mass is 488 g/mol. The van der Waals surface area contributed by atoms with Crippen LogP contribution >= 0.6 is 11.6 Å². The average Bonchev–Trinajstić information content (AvgIpc) is 3.20. The zero-order valence-corrected chi connectivity index (χ0v) is 20.0. The molecule has 1 aromatic rings. The molecule has 9 nitrogen and oxygen atoms in total. The summed E-state index contributed by atoms with van der Waals surface area (Å²) in [6.07, 6.45) is 10.2. The minimum atomic E-state index is -0.508. The summed E-state index contributed by atoms with van der Waals surface area (Å²) in [7, 11) is 3.32. The summed E-state index contributed by atoms with van der Waals surface area (Å²) in [4.78, 5) is 43.3. The molecule has 10 heteroatoms. The molecule has 1 aliphatic heterocycles. The molecule has 2 unspecified atom stereocenters. The van der Waals surface area contributed by atoms with E-state index in [0.29, 0.717) is 49.0 Å². The maximum absolute atomic E-state index is 12.9. The Labute approximate surface area is 203 Å². The lowest BCUT2D eigenvalue weighted by atomic mass is 9.95. The number of likely N-dealkylation sites (N-methyl/N-ethyl adjacent to an activating group) is 1. The molecular weight excluding hydrogens is 460 g/mol. The van der Waals surface area contributed by atoms with E-state index in [9.17, 15) is 14.4 Å². The topological polar surface area (TPSA) is 110 Å². The number of halogens is 1. The molecule has 0 spiro atoms. The van der Waals surface area contributed by atoms with Crippen LogP contribution in [0, 0.1) is 5.92 Å². The number of hydrogen-bond acceptors (Lipinski definition) is 6.